The smallest absolute Gasteiger partial charge is 0.220 e. The molecule has 0 bridgehead atoms. The molecule has 0 radical (unpaired) electrons. The molecule has 0 unspecified atom stereocenters. The minimum absolute atomic E-state index is 0.00522. The first-order valence-corrected chi connectivity index (χ1v) is 8.60. The minimum Gasteiger partial charge on any atom is -0.389 e. The molecule has 1 aliphatic heterocycles. The number of hydrogen-bond donors (Lipinski definition) is 3. The van der Waals surface area contributed by atoms with Crippen LogP contribution in [0.1, 0.15) is 38.3 Å². The van der Waals surface area contributed by atoms with Gasteiger partial charge in [-0.1, -0.05) is 50.6 Å². The predicted octanol–water partition coefficient (Wildman–Crippen LogP) is 1.77. The molecule has 3 N–H and O–H groups in total. The molecule has 1 amide bonds. The van der Waals surface area contributed by atoms with E-state index in [-0.39, 0.29) is 23.5 Å². The summed E-state index contributed by atoms with van der Waals surface area (Å²) in [7, 11) is 0. The van der Waals surface area contributed by atoms with Gasteiger partial charge in [0.25, 0.3) is 0 Å². The van der Waals surface area contributed by atoms with Gasteiger partial charge in [0.15, 0.2) is 0 Å². The molecule has 24 heavy (non-hydrogen) atoms. The number of hydrogen-bond acceptors (Lipinski definition) is 4. The van der Waals surface area contributed by atoms with Crippen LogP contribution >= 0.6 is 0 Å². The highest BCUT2D eigenvalue weighted by molar-refractivity contribution is 5.76. The number of aliphatic hydroxyl groups is 1. The highest BCUT2D eigenvalue weighted by Crippen LogP contribution is 2.18. The van der Waals surface area contributed by atoms with Gasteiger partial charge in [-0.25, -0.2) is 0 Å². The third kappa shape index (κ3) is 5.89. The van der Waals surface area contributed by atoms with Crippen LogP contribution in [0.25, 0.3) is 0 Å². The maximum Gasteiger partial charge on any atom is 0.220 e. The summed E-state index contributed by atoms with van der Waals surface area (Å²) in [5.74, 6) is -0.00522. The molecule has 0 spiro atoms. The Balaban J connectivity index is 1.74. The number of rotatable bonds is 6. The van der Waals surface area contributed by atoms with E-state index < -0.39 is 6.10 Å². The molecule has 1 aromatic rings. The van der Waals surface area contributed by atoms with E-state index in [1.165, 1.54) is 11.1 Å². The molecule has 3 atom stereocenters. The third-order valence-corrected chi connectivity index (χ3v) is 4.16. The van der Waals surface area contributed by atoms with E-state index in [0.29, 0.717) is 26.1 Å². The Morgan fingerprint density at radius 3 is 2.58 bits per heavy atom. The van der Waals surface area contributed by atoms with Crippen LogP contribution in [0.4, 0.5) is 0 Å². The van der Waals surface area contributed by atoms with E-state index in [0.717, 1.165) is 0 Å². The quantitative estimate of drug-likeness (QED) is 0.741. The van der Waals surface area contributed by atoms with Crippen LogP contribution in [0.2, 0.25) is 0 Å². The Labute approximate surface area is 144 Å². The molecule has 0 aromatic heterocycles. The van der Waals surface area contributed by atoms with E-state index in [9.17, 15) is 9.90 Å². The SMILES string of the molecule is Cc1ccc(CN[C@@H]2CO[C@H](CNC(=O)CC(C)(C)C)[C@H]2O)cc1. The van der Waals surface area contributed by atoms with Gasteiger partial charge in [-0.2, -0.15) is 0 Å². The van der Waals surface area contributed by atoms with Crippen molar-refractivity contribution in [3.05, 3.63) is 35.4 Å². The van der Waals surface area contributed by atoms with E-state index in [2.05, 4.69) is 41.8 Å². The molecule has 5 nitrogen and oxygen atoms in total. The van der Waals surface area contributed by atoms with Gasteiger partial charge < -0.3 is 20.5 Å². The molecule has 0 aliphatic carbocycles. The fraction of sp³-hybridized carbons (Fsp3) is 0.632. The summed E-state index contributed by atoms with van der Waals surface area (Å²) >= 11 is 0. The lowest BCUT2D eigenvalue weighted by molar-refractivity contribution is -0.123. The summed E-state index contributed by atoms with van der Waals surface area (Å²) in [4.78, 5) is 11.9. The third-order valence-electron chi connectivity index (χ3n) is 4.16. The number of carbonyl (C=O) groups is 1. The van der Waals surface area contributed by atoms with Crippen molar-refractivity contribution in [2.45, 2.75) is 58.9 Å². The van der Waals surface area contributed by atoms with Crippen LogP contribution in [0, 0.1) is 12.3 Å². The monoisotopic (exact) mass is 334 g/mol. The van der Waals surface area contributed by atoms with Crippen LogP contribution in [-0.2, 0) is 16.1 Å². The van der Waals surface area contributed by atoms with Gasteiger partial charge in [0.1, 0.15) is 6.10 Å². The zero-order chi connectivity index (χ0) is 17.7. The van der Waals surface area contributed by atoms with Crippen LogP contribution in [0.5, 0.6) is 0 Å². The Bertz CT molecular complexity index is 537. The zero-order valence-corrected chi connectivity index (χ0v) is 15.1. The zero-order valence-electron chi connectivity index (χ0n) is 15.1. The minimum atomic E-state index is -0.620. The van der Waals surface area contributed by atoms with E-state index in [4.69, 9.17) is 4.74 Å². The molecule has 1 fully saturated rings. The first kappa shape index (κ1) is 18.9. The summed E-state index contributed by atoms with van der Waals surface area (Å²) in [6, 6.07) is 8.19. The molecular formula is C19H30N2O3. The highest BCUT2D eigenvalue weighted by Gasteiger charge is 2.35. The van der Waals surface area contributed by atoms with Crippen LogP contribution in [0.3, 0.4) is 0 Å². The molecule has 1 heterocycles. The van der Waals surface area contributed by atoms with E-state index >= 15 is 0 Å². The number of benzene rings is 1. The van der Waals surface area contributed by atoms with Crippen molar-refractivity contribution >= 4 is 5.91 Å². The van der Waals surface area contributed by atoms with Crippen molar-refractivity contribution in [1.29, 1.82) is 0 Å². The standard InChI is InChI=1S/C19H30N2O3/c1-13-5-7-14(8-6-13)10-20-15-12-24-16(18(15)23)11-21-17(22)9-19(2,3)4/h5-8,15-16,18,20,23H,9-12H2,1-4H3,(H,21,22)/t15-,16-,18+/m1/s1. The summed E-state index contributed by atoms with van der Waals surface area (Å²) < 4.78 is 5.64. The van der Waals surface area contributed by atoms with Gasteiger partial charge in [-0.15, -0.1) is 0 Å². The fourth-order valence-electron chi connectivity index (χ4n) is 2.76. The number of ether oxygens (including phenoxy) is 1. The average Bonchev–Trinajstić information content (AvgIpc) is 2.83. The molecule has 134 valence electrons. The van der Waals surface area contributed by atoms with Gasteiger partial charge in [0.05, 0.1) is 18.8 Å². The van der Waals surface area contributed by atoms with Crippen molar-refractivity contribution in [3.8, 4) is 0 Å². The molecule has 1 saturated heterocycles. The summed E-state index contributed by atoms with van der Waals surface area (Å²) in [5.41, 5.74) is 2.36. The number of aryl methyl sites for hydroxylation is 1. The van der Waals surface area contributed by atoms with Gasteiger partial charge in [0, 0.05) is 19.5 Å². The second-order valence-electron chi connectivity index (χ2n) is 7.88. The Morgan fingerprint density at radius 1 is 1.29 bits per heavy atom. The van der Waals surface area contributed by atoms with Crippen LogP contribution < -0.4 is 10.6 Å². The number of carbonyl (C=O) groups excluding carboxylic acids is 1. The fourth-order valence-corrected chi connectivity index (χ4v) is 2.76. The molecule has 0 saturated carbocycles. The lowest BCUT2D eigenvalue weighted by atomic mass is 9.92. The molecule has 1 aliphatic rings. The number of nitrogens with one attached hydrogen (secondary N) is 2. The van der Waals surface area contributed by atoms with Gasteiger partial charge in [-0.3, -0.25) is 4.79 Å². The van der Waals surface area contributed by atoms with Gasteiger partial charge in [-0.05, 0) is 17.9 Å². The van der Waals surface area contributed by atoms with Gasteiger partial charge in [0.2, 0.25) is 5.91 Å². The summed E-state index contributed by atoms with van der Waals surface area (Å²) in [6.07, 6.45) is -0.514. The largest absolute Gasteiger partial charge is 0.389 e. The number of aliphatic hydroxyl groups excluding tert-OH is 1. The average molecular weight is 334 g/mol. The first-order chi connectivity index (χ1) is 11.2. The molecular weight excluding hydrogens is 304 g/mol. The predicted molar refractivity (Wildman–Crippen MR) is 94.6 cm³/mol. The highest BCUT2D eigenvalue weighted by atomic mass is 16.5. The van der Waals surface area contributed by atoms with Crippen molar-refractivity contribution in [1.82, 2.24) is 10.6 Å². The van der Waals surface area contributed by atoms with E-state index in [1.54, 1.807) is 0 Å². The summed E-state index contributed by atoms with van der Waals surface area (Å²) in [6.45, 7) is 9.62. The first-order valence-electron chi connectivity index (χ1n) is 8.60. The second kappa shape index (κ2) is 8.10. The molecule has 5 heteroatoms. The number of amides is 1. The van der Waals surface area contributed by atoms with Gasteiger partial charge >= 0.3 is 0 Å². The van der Waals surface area contributed by atoms with Crippen LogP contribution in [0.15, 0.2) is 24.3 Å². The van der Waals surface area contributed by atoms with Crippen LogP contribution in [-0.4, -0.2) is 42.4 Å². The summed E-state index contributed by atoms with van der Waals surface area (Å²) in [5, 5.41) is 16.6. The maximum absolute atomic E-state index is 11.9. The second-order valence-corrected chi connectivity index (χ2v) is 7.88. The van der Waals surface area contributed by atoms with Crippen molar-refractivity contribution < 1.29 is 14.6 Å². The maximum atomic E-state index is 11.9. The Morgan fingerprint density at radius 2 is 1.96 bits per heavy atom. The lowest BCUT2D eigenvalue weighted by Gasteiger charge is -2.21. The lowest BCUT2D eigenvalue weighted by Crippen LogP contribution is -2.44. The molecule has 2 rings (SSSR count). The van der Waals surface area contributed by atoms with Crippen molar-refractivity contribution in [2.24, 2.45) is 5.41 Å². The topological polar surface area (TPSA) is 70.6 Å². The van der Waals surface area contributed by atoms with E-state index in [1.807, 2.05) is 20.8 Å². The van der Waals surface area contributed by atoms with Crippen molar-refractivity contribution in [3.63, 3.8) is 0 Å². The molecule has 1 aromatic carbocycles. The Kier molecular flexibility index (Phi) is 6.38. The Hall–Kier alpha value is -1.43. The normalized spacial score (nSPS) is 24.1. The van der Waals surface area contributed by atoms with Crippen molar-refractivity contribution in [2.75, 3.05) is 13.2 Å².